The number of rotatable bonds is 3. The molecule has 1 fully saturated rings. The van der Waals surface area contributed by atoms with Crippen LogP contribution in [0.15, 0.2) is 30.3 Å². The van der Waals surface area contributed by atoms with E-state index in [-0.39, 0.29) is 17.8 Å². The Balaban J connectivity index is 2.00. The zero-order chi connectivity index (χ0) is 15.5. The molecule has 0 N–H and O–H groups in total. The molecule has 0 saturated carbocycles. The highest BCUT2D eigenvalue weighted by molar-refractivity contribution is 5.75. The molecule has 0 bridgehead atoms. The summed E-state index contributed by atoms with van der Waals surface area (Å²) < 4.78 is 13.1. The molecule has 3 nitrogen and oxygen atoms in total. The SMILES string of the molecule is CC(C)(C)C(=O)ON1CCCC1C=Cc1cccc(F)c1. The molecule has 21 heavy (non-hydrogen) atoms. The van der Waals surface area contributed by atoms with Crippen LogP contribution in [0.2, 0.25) is 0 Å². The standard InChI is InChI=1S/C17H22FNO2/c1-17(2,3)16(20)21-19-11-5-8-15(19)10-9-13-6-4-7-14(18)12-13/h4,6-7,9-10,12,15H,5,8,11H2,1-3H3. The lowest BCUT2D eigenvalue weighted by Gasteiger charge is -2.25. The summed E-state index contributed by atoms with van der Waals surface area (Å²) in [6.07, 6.45) is 5.76. The van der Waals surface area contributed by atoms with Crippen molar-refractivity contribution in [2.45, 2.75) is 39.7 Å². The lowest BCUT2D eigenvalue weighted by Crippen LogP contribution is -2.35. The molecule has 114 valence electrons. The fourth-order valence-corrected chi connectivity index (χ4v) is 2.15. The highest BCUT2D eigenvalue weighted by Gasteiger charge is 2.31. The fourth-order valence-electron chi connectivity index (χ4n) is 2.15. The van der Waals surface area contributed by atoms with Crippen molar-refractivity contribution in [2.24, 2.45) is 5.41 Å². The first-order chi connectivity index (χ1) is 9.86. The van der Waals surface area contributed by atoms with Gasteiger partial charge >= 0.3 is 5.97 Å². The molecule has 0 radical (unpaired) electrons. The van der Waals surface area contributed by atoms with Crippen molar-refractivity contribution in [1.82, 2.24) is 5.06 Å². The highest BCUT2D eigenvalue weighted by Crippen LogP contribution is 2.23. The van der Waals surface area contributed by atoms with E-state index < -0.39 is 5.41 Å². The molecule has 1 aromatic rings. The van der Waals surface area contributed by atoms with Crippen LogP contribution in [-0.4, -0.2) is 23.6 Å². The minimum Gasteiger partial charge on any atom is -0.367 e. The number of carbonyl (C=O) groups excluding carboxylic acids is 1. The van der Waals surface area contributed by atoms with Gasteiger partial charge in [0.05, 0.1) is 11.5 Å². The molecular weight excluding hydrogens is 269 g/mol. The molecule has 0 aliphatic carbocycles. The number of nitrogens with zero attached hydrogens (tertiary/aromatic N) is 1. The third-order valence-electron chi connectivity index (χ3n) is 3.42. The zero-order valence-electron chi connectivity index (χ0n) is 12.8. The van der Waals surface area contributed by atoms with E-state index in [1.165, 1.54) is 12.1 Å². The number of hydrogen-bond donors (Lipinski definition) is 0. The van der Waals surface area contributed by atoms with Gasteiger partial charge in [-0.15, -0.1) is 5.06 Å². The molecule has 1 aromatic carbocycles. The molecular formula is C17H22FNO2. The van der Waals surface area contributed by atoms with Gasteiger partial charge in [0, 0.05) is 6.54 Å². The molecule has 1 unspecified atom stereocenters. The van der Waals surface area contributed by atoms with Crippen LogP contribution in [0.5, 0.6) is 0 Å². The maximum Gasteiger partial charge on any atom is 0.330 e. The van der Waals surface area contributed by atoms with Crippen molar-refractivity contribution in [3.8, 4) is 0 Å². The molecule has 0 spiro atoms. The van der Waals surface area contributed by atoms with E-state index in [1.807, 2.05) is 39.0 Å². The average Bonchev–Trinajstić information content (AvgIpc) is 2.83. The van der Waals surface area contributed by atoms with Crippen molar-refractivity contribution < 1.29 is 14.0 Å². The summed E-state index contributed by atoms with van der Waals surface area (Å²) >= 11 is 0. The number of halogens is 1. The van der Waals surface area contributed by atoms with Crippen molar-refractivity contribution >= 4 is 12.0 Å². The summed E-state index contributed by atoms with van der Waals surface area (Å²) in [7, 11) is 0. The Morgan fingerprint density at radius 1 is 1.43 bits per heavy atom. The highest BCUT2D eigenvalue weighted by atomic mass is 19.1. The van der Waals surface area contributed by atoms with Crippen molar-refractivity contribution in [3.05, 3.63) is 41.7 Å². The van der Waals surface area contributed by atoms with Gasteiger partial charge in [0.1, 0.15) is 5.82 Å². The summed E-state index contributed by atoms with van der Waals surface area (Å²) in [6.45, 7) is 6.25. The van der Waals surface area contributed by atoms with Gasteiger partial charge in [-0.05, 0) is 51.3 Å². The van der Waals surface area contributed by atoms with E-state index in [0.717, 1.165) is 24.9 Å². The van der Waals surface area contributed by atoms with Gasteiger partial charge in [-0.25, -0.2) is 9.18 Å². The molecule has 0 amide bonds. The van der Waals surface area contributed by atoms with Gasteiger partial charge < -0.3 is 4.84 Å². The van der Waals surface area contributed by atoms with Crippen LogP contribution in [0.4, 0.5) is 4.39 Å². The quantitative estimate of drug-likeness (QED) is 0.848. The largest absolute Gasteiger partial charge is 0.367 e. The van der Waals surface area contributed by atoms with Crippen molar-refractivity contribution in [1.29, 1.82) is 0 Å². The number of carbonyl (C=O) groups is 1. The number of hydroxylamine groups is 2. The average molecular weight is 291 g/mol. The summed E-state index contributed by atoms with van der Waals surface area (Å²) in [5.74, 6) is -0.479. The Kier molecular flexibility index (Phi) is 4.78. The van der Waals surface area contributed by atoms with Gasteiger partial charge in [-0.2, -0.15) is 0 Å². The topological polar surface area (TPSA) is 29.5 Å². The first-order valence-electron chi connectivity index (χ1n) is 7.29. The first kappa shape index (κ1) is 15.7. The second kappa shape index (κ2) is 6.39. The molecule has 1 atom stereocenters. The van der Waals surface area contributed by atoms with Gasteiger partial charge in [0.25, 0.3) is 0 Å². The third kappa shape index (κ3) is 4.39. The zero-order valence-corrected chi connectivity index (χ0v) is 12.8. The van der Waals surface area contributed by atoms with E-state index >= 15 is 0 Å². The monoisotopic (exact) mass is 291 g/mol. The minimum absolute atomic E-state index is 0.0552. The van der Waals surface area contributed by atoms with E-state index in [9.17, 15) is 9.18 Å². The van der Waals surface area contributed by atoms with Crippen LogP contribution < -0.4 is 0 Å². The lowest BCUT2D eigenvalue weighted by molar-refractivity contribution is -0.200. The van der Waals surface area contributed by atoms with Crippen LogP contribution >= 0.6 is 0 Å². The predicted molar refractivity (Wildman–Crippen MR) is 80.7 cm³/mol. The van der Waals surface area contributed by atoms with Crippen LogP contribution in [0.1, 0.15) is 39.2 Å². The first-order valence-corrected chi connectivity index (χ1v) is 7.29. The molecule has 2 rings (SSSR count). The molecule has 1 aliphatic rings. The van der Waals surface area contributed by atoms with Crippen LogP contribution in [0.25, 0.3) is 6.08 Å². The Bertz CT molecular complexity index is 534. The van der Waals surface area contributed by atoms with Crippen molar-refractivity contribution in [3.63, 3.8) is 0 Å². The van der Waals surface area contributed by atoms with E-state index in [4.69, 9.17) is 4.84 Å². The summed E-state index contributed by atoms with van der Waals surface area (Å²) in [5, 5.41) is 1.73. The van der Waals surface area contributed by atoms with Crippen molar-refractivity contribution in [2.75, 3.05) is 6.54 Å². The number of hydrogen-bond acceptors (Lipinski definition) is 3. The van der Waals surface area contributed by atoms with Gasteiger partial charge in [0.2, 0.25) is 0 Å². The normalized spacial score (nSPS) is 20.1. The van der Waals surface area contributed by atoms with Crippen LogP contribution in [0, 0.1) is 11.2 Å². The maximum atomic E-state index is 13.1. The van der Waals surface area contributed by atoms with E-state index in [0.29, 0.717) is 0 Å². The fraction of sp³-hybridized carbons (Fsp3) is 0.471. The van der Waals surface area contributed by atoms with Gasteiger partial charge in [0.15, 0.2) is 0 Å². The maximum absolute atomic E-state index is 13.1. The second-order valence-electron chi connectivity index (χ2n) is 6.39. The smallest absolute Gasteiger partial charge is 0.330 e. The Morgan fingerprint density at radius 3 is 2.86 bits per heavy atom. The lowest BCUT2D eigenvalue weighted by atomic mass is 9.98. The minimum atomic E-state index is -0.514. The van der Waals surface area contributed by atoms with E-state index in [1.54, 1.807) is 11.1 Å². The Labute approximate surface area is 125 Å². The third-order valence-corrected chi connectivity index (χ3v) is 3.42. The number of benzene rings is 1. The van der Waals surface area contributed by atoms with Gasteiger partial charge in [-0.3, -0.25) is 0 Å². The molecule has 1 aliphatic heterocycles. The summed E-state index contributed by atoms with van der Waals surface area (Å²) in [6, 6.07) is 6.49. The van der Waals surface area contributed by atoms with Gasteiger partial charge in [-0.1, -0.05) is 24.3 Å². The van der Waals surface area contributed by atoms with Crippen LogP contribution in [-0.2, 0) is 9.63 Å². The summed E-state index contributed by atoms with van der Waals surface area (Å²) in [4.78, 5) is 17.4. The molecule has 4 heteroatoms. The Hall–Kier alpha value is -1.68. The van der Waals surface area contributed by atoms with Crippen LogP contribution in [0.3, 0.4) is 0 Å². The molecule has 0 aromatic heterocycles. The predicted octanol–water partition coefficient (Wildman–Crippen LogP) is 3.81. The molecule has 1 saturated heterocycles. The van der Waals surface area contributed by atoms with E-state index in [2.05, 4.69) is 0 Å². The summed E-state index contributed by atoms with van der Waals surface area (Å²) in [5.41, 5.74) is 0.295. The Morgan fingerprint density at radius 2 is 2.19 bits per heavy atom. The molecule has 1 heterocycles. The second-order valence-corrected chi connectivity index (χ2v) is 6.39.